The van der Waals surface area contributed by atoms with E-state index in [9.17, 15) is 15.2 Å². The Labute approximate surface area is 109 Å². The third kappa shape index (κ3) is 3.86. The number of nitro groups is 1. The van der Waals surface area contributed by atoms with E-state index in [1.54, 1.807) is 19.1 Å². The Morgan fingerprint density at radius 1 is 1.56 bits per heavy atom. The van der Waals surface area contributed by atoms with Crippen molar-refractivity contribution in [2.45, 2.75) is 17.9 Å². The van der Waals surface area contributed by atoms with Crippen LogP contribution in [0.4, 0.5) is 5.69 Å². The van der Waals surface area contributed by atoms with Crippen LogP contribution in [0, 0.1) is 10.1 Å². The van der Waals surface area contributed by atoms with Crippen LogP contribution in [0.15, 0.2) is 23.1 Å². The lowest BCUT2D eigenvalue weighted by molar-refractivity contribution is -0.388. The van der Waals surface area contributed by atoms with Crippen LogP contribution in [0.25, 0.3) is 0 Å². The van der Waals surface area contributed by atoms with Gasteiger partial charge in [-0.2, -0.15) is 0 Å². The Morgan fingerprint density at radius 2 is 2.28 bits per heavy atom. The maximum atomic E-state index is 11.0. The second-order valence-electron chi connectivity index (χ2n) is 3.44. The number of aliphatic hydroxyl groups is 2. The summed E-state index contributed by atoms with van der Waals surface area (Å²) >= 11 is 1.12. The molecule has 18 heavy (non-hydrogen) atoms. The molecule has 1 atom stereocenters. The van der Waals surface area contributed by atoms with Crippen LogP contribution in [0.2, 0.25) is 0 Å². The highest BCUT2D eigenvalue weighted by atomic mass is 32.2. The van der Waals surface area contributed by atoms with Gasteiger partial charge in [-0.3, -0.25) is 10.1 Å². The van der Waals surface area contributed by atoms with E-state index in [0.29, 0.717) is 11.5 Å². The maximum Gasteiger partial charge on any atom is 0.324 e. The van der Waals surface area contributed by atoms with Crippen molar-refractivity contribution in [3.63, 3.8) is 0 Å². The number of ether oxygens (including phenoxy) is 1. The Kier molecular flexibility index (Phi) is 5.90. The molecule has 0 spiro atoms. The van der Waals surface area contributed by atoms with Gasteiger partial charge in [-0.15, -0.1) is 11.8 Å². The molecule has 2 N–H and O–H groups in total. The van der Waals surface area contributed by atoms with Crippen molar-refractivity contribution in [3.05, 3.63) is 28.3 Å². The highest BCUT2D eigenvalue weighted by molar-refractivity contribution is 7.99. The Bertz CT molecular complexity index is 412. The summed E-state index contributed by atoms with van der Waals surface area (Å²) in [7, 11) is 0. The van der Waals surface area contributed by atoms with E-state index in [1.807, 2.05) is 0 Å². The van der Waals surface area contributed by atoms with Crippen molar-refractivity contribution < 1.29 is 19.9 Å². The van der Waals surface area contributed by atoms with E-state index >= 15 is 0 Å². The standard InChI is InChI=1S/C11H15NO5S/c1-2-17-9-4-3-5-10(11(9)12(15)16)18-7-8(14)6-13/h3-5,8,13-14H,2,6-7H2,1H3. The molecule has 0 fully saturated rings. The van der Waals surface area contributed by atoms with Gasteiger partial charge in [0.05, 0.1) is 29.1 Å². The molecule has 0 saturated heterocycles. The van der Waals surface area contributed by atoms with Crippen LogP contribution in [0.3, 0.4) is 0 Å². The topological polar surface area (TPSA) is 92.8 Å². The van der Waals surface area contributed by atoms with Crippen molar-refractivity contribution in [1.82, 2.24) is 0 Å². The zero-order chi connectivity index (χ0) is 13.5. The molecule has 0 aliphatic carbocycles. The minimum Gasteiger partial charge on any atom is -0.487 e. The van der Waals surface area contributed by atoms with Crippen LogP contribution in [0.5, 0.6) is 5.75 Å². The van der Waals surface area contributed by atoms with Gasteiger partial charge in [0, 0.05) is 5.75 Å². The van der Waals surface area contributed by atoms with Crippen LogP contribution >= 0.6 is 11.8 Å². The molecule has 1 aromatic rings. The van der Waals surface area contributed by atoms with Gasteiger partial charge in [0.1, 0.15) is 0 Å². The van der Waals surface area contributed by atoms with Gasteiger partial charge in [-0.05, 0) is 19.1 Å². The summed E-state index contributed by atoms with van der Waals surface area (Å²) in [6.07, 6.45) is -0.898. The fraction of sp³-hybridized carbons (Fsp3) is 0.455. The number of para-hydroxylation sites is 1. The number of aliphatic hydroxyl groups excluding tert-OH is 2. The first-order chi connectivity index (χ1) is 8.60. The zero-order valence-electron chi connectivity index (χ0n) is 9.91. The Morgan fingerprint density at radius 3 is 2.83 bits per heavy atom. The summed E-state index contributed by atoms with van der Waals surface area (Å²) in [5.74, 6) is 0.401. The SMILES string of the molecule is CCOc1cccc(SCC(O)CO)c1[N+](=O)[O-]. The normalized spacial score (nSPS) is 12.2. The number of hydrogen-bond donors (Lipinski definition) is 2. The molecule has 0 aliphatic heterocycles. The maximum absolute atomic E-state index is 11.0. The molecule has 0 heterocycles. The zero-order valence-corrected chi connectivity index (χ0v) is 10.7. The first-order valence-electron chi connectivity index (χ1n) is 5.42. The number of hydrogen-bond acceptors (Lipinski definition) is 6. The van der Waals surface area contributed by atoms with Gasteiger partial charge in [-0.25, -0.2) is 0 Å². The summed E-state index contributed by atoms with van der Waals surface area (Å²) in [6.45, 7) is 1.72. The predicted molar refractivity (Wildman–Crippen MR) is 68.1 cm³/mol. The summed E-state index contributed by atoms with van der Waals surface area (Å²) in [5, 5.41) is 29.0. The summed E-state index contributed by atoms with van der Waals surface area (Å²) < 4.78 is 5.21. The molecule has 0 aliphatic rings. The summed E-state index contributed by atoms with van der Waals surface area (Å²) in [5.41, 5.74) is -0.102. The molecule has 1 unspecified atom stereocenters. The lowest BCUT2D eigenvalue weighted by Crippen LogP contribution is -2.14. The first kappa shape index (κ1) is 14.7. The van der Waals surface area contributed by atoms with Gasteiger partial charge in [-0.1, -0.05) is 6.07 Å². The monoisotopic (exact) mass is 273 g/mol. The van der Waals surface area contributed by atoms with Crippen LogP contribution < -0.4 is 4.74 Å². The third-order valence-corrected chi connectivity index (χ3v) is 3.28. The van der Waals surface area contributed by atoms with Crippen molar-refractivity contribution in [2.24, 2.45) is 0 Å². The smallest absolute Gasteiger partial charge is 0.324 e. The lowest BCUT2D eigenvalue weighted by atomic mass is 10.3. The molecule has 0 radical (unpaired) electrons. The largest absolute Gasteiger partial charge is 0.487 e. The highest BCUT2D eigenvalue weighted by Crippen LogP contribution is 2.37. The van der Waals surface area contributed by atoms with Crippen molar-refractivity contribution in [3.8, 4) is 5.75 Å². The second-order valence-corrected chi connectivity index (χ2v) is 4.50. The van der Waals surface area contributed by atoms with Gasteiger partial charge >= 0.3 is 5.69 Å². The number of benzene rings is 1. The van der Waals surface area contributed by atoms with E-state index < -0.39 is 11.0 Å². The average Bonchev–Trinajstić information content (AvgIpc) is 2.36. The highest BCUT2D eigenvalue weighted by Gasteiger charge is 2.21. The van der Waals surface area contributed by atoms with Crippen molar-refractivity contribution >= 4 is 17.4 Å². The summed E-state index contributed by atoms with van der Waals surface area (Å²) in [4.78, 5) is 10.9. The quantitative estimate of drug-likeness (QED) is 0.443. The Balaban J connectivity index is 2.95. The fourth-order valence-corrected chi connectivity index (χ4v) is 2.27. The van der Waals surface area contributed by atoms with E-state index in [1.165, 1.54) is 6.07 Å². The number of nitrogens with zero attached hydrogens (tertiary/aromatic N) is 1. The van der Waals surface area contributed by atoms with E-state index in [4.69, 9.17) is 9.84 Å². The van der Waals surface area contributed by atoms with Gasteiger partial charge in [0.15, 0.2) is 5.75 Å². The molecule has 1 aromatic carbocycles. The molecule has 1 rings (SSSR count). The van der Waals surface area contributed by atoms with Crippen LogP contribution in [0.1, 0.15) is 6.92 Å². The number of nitro benzene ring substituents is 1. The molecule has 100 valence electrons. The molecule has 0 aromatic heterocycles. The van der Waals surface area contributed by atoms with E-state index in [0.717, 1.165) is 11.8 Å². The van der Waals surface area contributed by atoms with E-state index in [-0.39, 0.29) is 23.8 Å². The van der Waals surface area contributed by atoms with Crippen molar-refractivity contribution in [1.29, 1.82) is 0 Å². The predicted octanol–water partition coefficient (Wildman–Crippen LogP) is 1.44. The van der Waals surface area contributed by atoms with Crippen LogP contribution in [-0.4, -0.2) is 40.2 Å². The van der Waals surface area contributed by atoms with Crippen LogP contribution in [-0.2, 0) is 0 Å². The van der Waals surface area contributed by atoms with Crippen molar-refractivity contribution in [2.75, 3.05) is 19.0 Å². The Hall–Kier alpha value is -1.31. The molecule has 7 heteroatoms. The minimum atomic E-state index is -0.898. The molecular formula is C11H15NO5S. The fourth-order valence-electron chi connectivity index (χ4n) is 1.31. The summed E-state index contributed by atoms with van der Waals surface area (Å²) in [6, 6.07) is 4.79. The van der Waals surface area contributed by atoms with Gasteiger partial charge in [0.25, 0.3) is 0 Å². The first-order valence-corrected chi connectivity index (χ1v) is 6.40. The average molecular weight is 273 g/mol. The molecule has 0 bridgehead atoms. The molecule has 6 nitrogen and oxygen atoms in total. The van der Waals surface area contributed by atoms with Gasteiger partial charge in [0.2, 0.25) is 0 Å². The third-order valence-electron chi connectivity index (χ3n) is 2.09. The molecular weight excluding hydrogens is 258 g/mol. The molecule has 0 amide bonds. The molecule has 0 saturated carbocycles. The second kappa shape index (κ2) is 7.20. The lowest BCUT2D eigenvalue weighted by Gasteiger charge is -2.09. The number of rotatable bonds is 7. The minimum absolute atomic E-state index is 0.102. The van der Waals surface area contributed by atoms with Gasteiger partial charge < -0.3 is 14.9 Å². The van der Waals surface area contributed by atoms with E-state index in [2.05, 4.69) is 0 Å². The number of thioether (sulfide) groups is 1.